The Morgan fingerprint density at radius 3 is 2.65 bits per heavy atom. The number of carboxylic acids is 1. The summed E-state index contributed by atoms with van der Waals surface area (Å²) >= 11 is 1.62. The Morgan fingerprint density at radius 2 is 2.10 bits per heavy atom. The van der Waals surface area contributed by atoms with Crippen molar-refractivity contribution in [1.82, 2.24) is 10.3 Å². The molecule has 0 fully saturated rings. The summed E-state index contributed by atoms with van der Waals surface area (Å²) in [5.74, 6) is -0.875. The van der Waals surface area contributed by atoms with E-state index in [1.54, 1.807) is 11.3 Å². The molecule has 0 aliphatic carbocycles. The van der Waals surface area contributed by atoms with Crippen LogP contribution >= 0.6 is 11.3 Å². The first-order valence-electron chi connectivity index (χ1n) is 6.72. The summed E-state index contributed by atoms with van der Waals surface area (Å²) in [6.07, 6.45) is 2.50. The SMILES string of the molecule is Cc1csc(CCCC(=O)NC(C)(C)CCC(=O)O)n1. The van der Waals surface area contributed by atoms with Crippen molar-refractivity contribution in [2.75, 3.05) is 0 Å². The van der Waals surface area contributed by atoms with Crippen LogP contribution in [0.15, 0.2) is 5.38 Å². The molecule has 1 aromatic heterocycles. The fourth-order valence-electron chi connectivity index (χ4n) is 1.84. The van der Waals surface area contributed by atoms with Gasteiger partial charge in [0.2, 0.25) is 5.91 Å². The van der Waals surface area contributed by atoms with Gasteiger partial charge in [0.1, 0.15) is 0 Å². The van der Waals surface area contributed by atoms with Gasteiger partial charge in [-0.15, -0.1) is 11.3 Å². The molecule has 0 unspecified atom stereocenters. The predicted octanol–water partition coefficient (Wildman–Crippen LogP) is 2.53. The highest BCUT2D eigenvalue weighted by atomic mass is 32.1. The van der Waals surface area contributed by atoms with E-state index < -0.39 is 11.5 Å². The first-order valence-corrected chi connectivity index (χ1v) is 7.60. The molecular weight excluding hydrogens is 276 g/mol. The molecule has 2 N–H and O–H groups in total. The highest BCUT2D eigenvalue weighted by Crippen LogP contribution is 2.14. The largest absolute Gasteiger partial charge is 0.481 e. The summed E-state index contributed by atoms with van der Waals surface area (Å²) < 4.78 is 0. The van der Waals surface area contributed by atoms with E-state index in [-0.39, 0.29) is 12.3 Å². The fraction of sp³-hybridized carbons (Fsp3) is 0.643. The predicted molar refractivity (Wildman–Crippen MR) is 78.9 cm³/mol. The molecular formula is C14H22N2O3S. The van der Waals surface area contributed by atoms with Crippen LogP contribution in [-0.4, -0.2) is 27.5 Å². The third-order valence-corrected chi connectivity index (χ3v) is 3.93. The smallest absolute Gasteiger partial charge is 0.303 e. The molecule has 1 aromatic rings. The summed E-state index contributed by atoms with van der Waals surface area (Å²) in [6, 6.07) is 0. The number of aryl methyl sites for hydroxylation is 2. The van der Waals surface area contributed by atoms with Gasteiger partial charge < -0.3 is 10.4 Å². The number of rotatable bonds is 8. The zero-order valence-corrected chi connectivity index (χ0v) is 13.0. The third kappa shape index (κ3) is 6.65. The maximum absolute atomic E-state index is 11.8. The second-order valence-corrected chi connectivity index (χ2v) is 6.50. The molecule has 1 amide bonds. The quantitative estimate of drug-likeness (QED) is 0.773. The summed E-state index contributed by atoms with van der Waals surface area (Å²) in [5, 5.41) is 14.6. The molecule has 0 saturated carbocycles. The van der Waals surface area contributed by atoms with Gasteiger partial charge in [-0.25, -0.2) is 4.98 Å². The molecule has 0 aromatic carbocycles. The lowest BCUT2D eigenvalue weighted by Crippen LogP contribution is -2.43. The van der Waals surface area contributed by atoms with Crippen LogP contribution in [0.1, 0.15) is 50.2 Å². The number of carbonyl (C=O) groups is 2. The monoisotopic (exact) mass is 298 g/mol. The summed E-state index contributed by atoms with van der Waals surface area (Å²) in [4.78, 5) is 26.7. The Morgan fingerprint density at radius 1 is 1.40 bits per heavy atom. The molecule has 1 heterocycles. The number of nitrogens with one attached hydrogen (secondary N) is 1. The van der Waals surface area contributed by atoms with E-state index in [1.165, 1.54) is 0 Å². The molecule has 112 valence electrons. The van der Waals surface area contributed by atoms with Crippen LogP contribution in [0, 0.1) is 6.92 Å². The maximum atomic E-state index is 11.8. The normalized spacial score (nSPS) is 11.3. The van der Waals surface area contributed by atoms with Crippen molar-refractivity contribution in [3.63, 3.8) is 0 Å². The number of aromatic nitrogens is 1. The van der Waals surface area contributed by atoms with Crippen molar-refractivity contribution in [3.8, 4) is 0 Å². The molecule has 0 saturated heterocycles. The zero-order chi connectivity index (χ0) is 15.2. The van der Waals surface area contributed by atoms with Gasteiger partial charge in [0.05, 0.1) is 5.01 Å². The standard InChI is InChI=1S/C14H22N2O3S/c1-10-9-20-12(15-10)6-4-5-11(17)16-14(2,3)8-7-13(18)19/h9H,4-8H2,1-3H3,(H,16,17)(H,18,19). The van der Waals surface area contributed by atoms with Gasteiger partial charge in [-0.1, -0.05) is 0 Å². The Kier molecular flexibility index (Phi) is 6.13. The number of hydrogen-bond acceptors (Lipinski definition) is 4. The fourth-order valence-corrected chi connectivity index (χ4v) is 2.66. The van der Waals surface area contributed by atoms with Gasteiger partial charge in [-0.3, -0.25) is 9.59 Å². The van der Waals surface area contributed by atoms with Gasteiger partial charge in [-0.2, -0.15) is 0 Å². The van der Waals surface area contributed by atoms with Crippen LogP contribution in [0.2, 0.25) is 0 Å². The highest BCUT2D eigenvalue weighted by molar-refractivity contribution is 7.09. The molecule has 0 spiro atoms. The van der Waals surface area contributed by atoms with Crippen molar-refractivity contribution < 1.29 is 14.7 Å². The number of aliphatic carboxylic acids is 1. The number of amides is 1. The minimum absolute atomic E-state index is 0.0336. The van der Waals surface area contributed by atoms with Gasteiger partial charge in [0.15, 0.2) is 0 Å². The zero-order valence-electron chi connectivity index (χ0n) is 12.2. The van der Waals surface area contributed by atoms with Crippen molar-refractivity contribution in [2.45, 2.75) is 58.4 Å². The lowest BCUT2D eigenvalue weighted by molar-refractivity contribution is -0.137. The van der Waals surface area contributed by atoms with E-state index in [2.05, 4.69) is 10.3 Å². The van der Waals surface area contributed by atoms with Crippen LogP contribution in [-0.2, 0) is 16.0 Å². The van der Waals surface area contributed by atoms with Crippen molar-refractivity contribution >= 4 is 23.2 Å². The topological polar surface area (TPSA) is 79.3 Å². The molecule has 0 atom stereocenters. The van der Waals surface area contributed by atoms with Crippen LogP contribution in [0.4, 0.5) is 0 Å². The van der Waals surface area contributed by atoms with Crippen LogP contribution in [0.25, 0.3) is 0 Å². The van der Waals surface area contributed by atoms with E-state index in [4.69, 9.17) is 5.11 Å². The van der Waals surface area contributed by atoms with Gasteiger partial charge in [0.25, 0.3) is 0 Å². The summed E-state index contributed by atoms with van der Waals surface area (Å²) in [5.41, 5.74) is 0.539. The number of hydrogen-bond donors (Lipinski definition) is 2. The maximum Gasteiger partial charge on any atom is 0.303 e. The Labute approximate surface area is 123 Å². The number of thiazole rings is 1. The molecule has 0 bridgehead atoms. The molecule has 0 aliphatic rings. The first kappa shape index (κ1) is 16.6. The lowest BCUT2D eigenvalue weighted by Gasteiger charge is -2.25. The van der Waals surface area contributed by atoms with Crippen LogP contribution in [0.3, 0.4) is 0 Å². The minimum Gasteiger partial charge on any atom is -0.481 e. The Hall–Kier alpha value is -1.43. The summed E-state index contributed by atoms with van der Waals surface area (Å²) in [7, 11) is 0. The minimum atomic E-state index is -0.841. The highest BCUT2D eigenvalue weighted by Gasteiger charge is 2.21. The second kappa shape index (κ2) is 7.38. The van der Waals surface area contributed by atoms with Crippen molar-refractivity contribution in [2.24, 2.45) is 0 Å². The van der Waals surface area contributed by atoms with Gasteiger partial charge in [0, 0.05) is 29.5 Å². The van der Waals surface area contributed by atoms with Crippen molar-refractivity contribution in [3.05, 3.63) is 16.1 Å². The average Bonchev–Trinajstić information content (AvgIpc) is 2.72. The summed E-state index contributed by atoms with van der Waals surface area (Å²) in [6.45, 7) is 5.65. The van der Waals surface area contributed by atoms with E-state index in [0.717, 1.165) is 23.5 Å². The van der Waals surface area contributed by atoms with E-state index >= 15 is 0 Å². The second-order valence-electron chi connectivity index (χ2n) is 5.56. The number of carboxylic acid groups (broad SMARTS) is 1. The van der Waals surface area contributed by atoms with E-state index in [1.807, 2.05) is 26.2 Å². The molecule has 5 nitrogen and oxygen atoms in total. The Balaban J connectivity index is 2.27. The number of nitrogens with zero attached hydrogens (tertiary/aromatic N) is 1. The van der Waals surface area contributed by atoms with Gasteiger partial charge >= 0.3 is 5.97 Å². The molecule has 1 rings (SSSR count). The first-order chi connectivity index (χ1) is 9.28. The molecule has 0 aliphatic heterocycles. The van der Waals surface area contributed by atoms with E-state index in [0.29, 0.717) is 12.8 Å². The van der Waals surface area contributed by atoms with Crippen molar-refractivity contribution in [1.29, 1.82) is 0 Å². The van der Waals surface area contributed by atoms with Crippen LogP contribution in [0.5, 0.6) is 0 Å². The molecule has 20 heavy (non-hydrogen) atoms. The lowest BCUT2D eigenvalue weighted by atomic mass is 9.98. The molecule has 6 heteroatoms. The Bertz CT molecular complexity index is 469. The molecule has 0 radical (unpaired) electrons. The number of carbonyl (C=O) groups excluding carboxylic acids is 1. The third-order valence-electron chi connectivity index (χ3n) is 2.90. The van der Waals surface area contributed by atoms with E-state index in [9.17, 15) is 9.59 Å². The van der Waals surface area contributed by atoms with Gasteiger partial charge in [-0.05, 0) is 40.0 Å². The van der Waals surface area contributed by atoms with Crippen LogP contribution < -0.4 is 5.32 Å². The average molecular weight is 298 g/mol.